The lowest BCUT2D eigenvalue weighted by Gasteiger charge is -2.08. The summed E-state index contributed by atoms with van der Waals surface area (Å²) in [6.07, 6.45) is 3.08. The largest absolute Gasteiger partial charge is 0.462 e. The normalized spacial score (nSPS) is 12.6. The highest BCUT2D eigenvalue weighted by Gasteiger charge is 2.26. The van der Waals surface area contributed by atoms with Crippen LogP contribution in [0.1, 0.15) is 66.9 Å². The van der Waals surface area contributed by atoms with E-state index in [1.165, 1.54) is 5.56 Å². The smallest absolute Gasteiger partial charge is 0.340 e. The first-order valence-corrected chi connectivity index (χ1v) is 9.10. The minimum Gasteiger partial charge on any atom is -0.462 e. The van der Waals surface area contributed by atoms with Crippen LogP contribution in [-0.4, -0.2) is 35.9 Å². The number of carbonyl (C=O) groups excluding carboxylic acids is 3. The number of ketones is 1. The molecule has 0 saturated heterocycles. The third-order valence-corrected chi connectivity index (χ3v) is 4.80. The number of ether oxygens (including phenoxy) is 2. The van der Waals surface area contributed by atoms with Crippen molar-refractivity contribution in [2.45, 2.75) is 40.0 Å². The first-order valence-electron chi connectivity index (χ1n) is 9.10. The lowest BCUT2D eigenvalue weighted by atomic mass is 10.0. The number of hydrogen-bond donors (Lipinski definition) is 1. The van der Waals surface area contributed by atoms with Crippen molar-refractivity contribution in [2.75, 3.05) is 13.2 Å². The molecular weight excluding hydrogens is 346 g/mol. The fraction of sp³-hybridized carbons (Fsp3) is 0.381. The number of esters is 2. The first-order chi connectivity index (χ1) is 12.9. The number of fused-ring (bicyclic) bond motifs is 1. The van der Waals surface area contributed by atoms with E-state index in [4.69, 9.17) is 9.47 Å². The number of aromatic amines is 1. The van der Waals surface area contributed by atoms with Crippen molar-refractivity contribution in [2.24, 2.45) is 0 Å². The Bertz CT molecular complexity index is 910. The zero-order valence-electron chi connectivity index (χ0n) is 15.8. The number of Topliss-reactive ketones (excluding diaryl/α,β-unsaturated/α-hetero) is 1. The molecular formula is C21H23NO5. The average Bonchev–Trinajstić information content (AvgIpc) is 3.22. The minimum absolute atomic E-state index is 0.202. The zero-order chi connectivity index (χ0) is 19.6. The number of nitrogens with one attached hydrogen (secondary N) is 1. The summed E-state index contributed by atoms with van der Waals surface area (Å²) < 4.78 is 10.2. The van der Waals surface area contributed by atoms with Crippen LogP contribution in [0.5, 0.6) is 0 Å². The Morgan fingerprint density at radius 2 is 1.67 bits per heavy atom. The molecule has 1 N–H and O–H groups in total. The number of carbonyl (C=O) groups is 3. The van der Waals surface area contributed by atoms with Gasteiger partial charge in [0.2, 0.25) is 5.78 Å². The van der Waals surface area contributed by atoms with Gasteiger partial charge in [-0.2, -0.15) is 0 Å². The Hall–Kier alpha value is -2.89. The Kier molecular flexibility index (Phi) is 5.44. The molecule has 2 aromatic rings. The highest BCUT2D eigenvalue weighted by Crippen LogP contribution is 2.24. The summed E-state index contributed by atoms with van der Waals surface area (Å²) in [6, 6.07) is 5.51. The van der Waals surface area contributed by atoms with Crippen molar-refractivity contribution in [1.29, 1.82) is 0 Å². The SMILES string of the molecule is CCOC(=O)c1c(C)[nH]c(C)c1C(=O)COC(=O)c1ccc2c(c1)CCC2. The molecule has 1 aliphatic rings. The van der Waals surface area contributed by atoms with Gasteiger partial charge in [0.15, 0.2) is 6.61 Å². The van der Waals surface area contributed by atoms with E-state index in [0.29, 0.717) is 17.0 Å². The van der Waals surface area contributed by atoms with Gasteiger partial charge in [0.25, 0.3) is 0 Å². The summed E-state index contributed by atoms with van der Waals surface area (Å²) in [4.78, 5) is 40.1. The van der Waals surface area contributed by atoms with Crippen molar-refractivity contribution in [3.8, 4) is 0 Å². The second-order valence-corrected chi connectivity index (χ2v) is 6.68. The number of H-pyrrole nitrogens is 1. The van der Waals surface area contributed by atoms with Crippen molar-refractivity contribution < 1.29 is 23.9 Å². The maximum atomic E-state index is 12.6. The van der Waals surface area contributed by atoms with Crippen LogP contribution in [-0.2, 0) is 22.3 Å². The van der Waals surface area contributed by atoms with E-state index in [9.17, 15) is 14.4 Å². The molecule has 1 aromatic heterocycles. The fourth-order valence-corrected chi connectivity index (χ4v) is 3.57. The molecule has 3 rings (SSSR count). The van der Waals surface area contributed by atoms with Crippen molar-refractivity contribution in [1.82, 2.24) is 4.98 Å². The van der Waals surface area contributed by atoms with Crippen LogP contribution in [0.2, 0.25) is 0 Å². The summed E-state index contributed by atoms with van der Waals surface area (Å²) in [5, 5.41) is 0. The third kappa shape index (κ3) is 3.79. The highest BCUT2D eigenvalue weighted by atomic mass is 16.5. The lowest BCUT2D eigenvalue weighted by molar-refractivity contribution is 0.0472. The van der Waals surface area contributed by atoms with E-state index in [1.54, 1.807) is 26.8 Å². The Morgan fingerprint density at radius 1 is 0.963 bits per heavy atom. The fourth-order valence-electron chi connectivity index (χ4n) is 3.57. The molecule has 0 amide bonds. The van der Waals surface area contributed by atoms with Crippen molar-refractivity contribution >= 4 is 17.7 Å². The van der Waals surface area contributed by atoms with Crippen molar-refractivity contribution in [3.05, 3.63) is 57.4 Å². The van der Waals surface area contributed by atoms with Gasteiger partial charge < -0.3 is 14.5 Å². The Balaban J connectivity index is 1.73. The van der Waals surface area contributed by atoms with E-state index < -0.39 is 24.3 Å². The molecule has 142 valence electrons. The molecule has 0 fully saturated rings. The first kappa shape index (κ1) is 18.9. The summed E-state index contributed by atoms with van der Waals surface area (Å²) in [6.45, 7) is 4.88. The predicted molar refractivity (Wildman–Crippen MR) is 99.3 cm³/mol. The van der Waals surface area contributed by atoms with Crippen LogP contribution in [0.3, 0.4) is 0 Å². The molecule has 1 aromatic carbocycles. The zero-order valence-corrected chi connectivity index (χ0v) is 15.8. The van der Waals surface area contributed by atoms with Gasteiger partial charge in [0, 0.05) is 11.4 Å². The monoisotopic (exact) mass is 369 g/mol. The molecule has 0 spiro atoms. The van der Waals surface area contributed by atoms with E-state index in [-0.39, 0.29) is 17.7 Å². The molecule has 0 atom stereocenters. The second-order valence-electron chi connectivity index (χ2n) is 6.68. The van der Waals surface area contributed by atoms with Gasteiger partial charge in [-0.1, -0.05) is 6.07 Å². The maximum absolute atomic E-state index is 12.6. The number of benzene rings is 1. The van der Waals surface area contributed by atoms with Crippen LogP contribution in [0.4, 0.5) is 0 Å². The van der Waals surface area contributed by atoms with Gasteiger partial charge in [0.1, 0.15) is 0 Å². The summed E-state index contributed by atoms with van der Waals surface area (Å²) in [7, 11) is 0. The molecule has 6 nitrogen and oxygen atoms in total. The third-order valence-electron chi connectivity index (χ3n) is 4.80. The summed E-state index contributed by atoms with van der Waals surface area (Å²) in [5.41, 5.74) is 4.39. The Labute approximate surface area is 157 Å². The number of hydrogen-bond acceptors (Lipinski definition) is 5. The van der Waals surface area contributed by atoms with Crippen LogP contribution >= 0.6 is 0 Å². The maximum Gasteiger partial charge on any atom is 0.340 e. The van der Waals surface area contributed by atoms with Gasteiger partial charge in [-0.05, 0) is 63.3 Å². The van der Waals surface area contributed by atoms with Crippen LogP contribution in [0, 0.1) is 13.8 Å². The van der Waals surface area contributed by atoms with Crippen LogP contribution in [0.25, 0.3) is 0 Å². The van der Waals surface area contributed by atoms with Crippen molar-refractivity contribution in [3.63, 3.8) is 0 Å². The summed E-state index contributed by atoms with van der Waals surface area (Å²) in [5.74, 6) is -1.54. The quantitative estimate of drug-likeness (QED) is 0.623. The summed E-state index contributed by atoms with van der Waals surface area (Å²) >= 11 is 0. The molecule has 0 radical (unpaired) electrons. The van der Waals surface area contributed by atoms with E-state index >= 15 is 0 Å². The standard InChI is InChI=1S/C21H23NO5/c1-4-26-21(25)19-13(3)22-12(2)18(19)17(23)11-27-20(24)16-9-8-14-6-5-7-15(14)10-16/h8-10,22H,4-7,11H2,1-3H3. The van der Waals surface area contributed by atoms with Gasteiger partial charge in [0.05, 0.1) is 23.3 Å². The van der Waals surface area contributed by atoms with Gasteiger partial charge in [-0.3, -0.25) is 4.79 Å². The van der Waals surface area contributed by atoms with E-state index in [0.717, 1.165) is 24.8 Å². The number of rotatable bonds is 6. The van der Waals surface area contributed by atoms with E-state index in [2.05, 4.69) is 4.98 Å². The Morgan fingerprint density at radius 3 is 2.41 bits per heavy atom. The predicted octanol–water partition coefficient (Wildman–Crippen LogP) is 3.34. The molecule has 6 heteroatoms. The van der Waals surface area contributed by atoms with Crippen LogP contribution < -0.4 is 0 Å². The molecule has 1 heterocycles. The van der Waals surface area contributed by atoms with Gasteiger partial charge in [-0.25, -0.2) is 9.59 Å². The molecule has 0 saturated carbocycles. The number of aryl methyl sites for hydroxylation is 4. The molecule has 1 aliphatic carbocycles. The lowest BCUT2D eigenvalue weighted by Crippen LogP contribution is -2.18. The number of aromatic nitrogens is 1. The van der Waals surface area contributed by atoms with E-state index in [1.807, 2.05) is 12.1 Å². The van der Waals surface area contributed by atoms with Gasteiger partial charge >= 0.3 is 11.9 Å². The highest BCUT2D eigenvalue weighted by molar-refractivity contribution is 6.09. The van der Waals surface area contributed by atoms with Crippen LogP contribution in [0.15, 0.2) is 18.2 Å². The molecule has 27 heavy (non-hydrogen) atoms. The second kappa shape index (κ2) is 7.78. The molecule has 0 bridgehead atoms. The molecule has 0 unspecified atom stereocenters. The molecule has 0 aliphatic heterocycles. The van der Waals surface area contributed by atoms with Gasteiger partial charge in [-0.15, -0.1) is 0 Å². The minimum atomic E-state index is -0.562. The average molecular weight is 369 g/mol. The topological polar surface area (TPSA) is 85.5 Å².